The van der Waals surface area contributed by atoms with E-state index in [0.29, 0.717) is 6.54 Å². The summed E-state index contributed by atoms with van der Waals surface area (Å²) in [6.07, 6.45) is 0. The maximum atomic E-state index is 9.01. The molecule has 0 atom stereocenters. The first-order valence-electron chi connectivity index (χ1n) is 5.17. The molecule has 0 unspecified atom stereocenters. The van der Waals surface area contributed by atoms with E-state index in [-0.39, 0.29) is 13.4 Å². The van der Waals surface area contributed by atoms with E-state index in [1.165, 1.54) is 0 Å². The van der Waals surface area contributed by atoms with Crippen molar-refractivity contribution in [2.75, 3.05) is 13.4 Å². The van der Waals surface area contributed by atoms with Gasteiger partial charge >= 0.3 is 0 Å². The molecule has 1 aliphatic heterocycles. The summed E-state index contributed by atoms with van der Waals surface area (Å²) in [5.41, 5.74) is 1.84. The molecule has 1 aliphatic rings. The van der Waals surface area contributed by atoms with Crippen LogP contribution in [0.2, 0.25) is 0 Å². The Morgan fingerprint density at radius 2 is 2.12 bits per heavy atom. The molecule has 2 aromatic rings. The van der Waals surface area contributed by atoms with E-state index < -0.39 is 0 Å². The van der Waals surface area contributed by atoms with E-state index in [1.807, 2.05) is 23.6 Å². The Balaban J connectivity index is 2.23. The van der Waals surface area contributed by atoms with Crippen LogP contribution in [-0.2, 0) is 6.54 Å². The molecule has 0 saturated carbocycles. The number of hydrogen-bond donors (Lipinski definition) is 1. The summed E-state index contributed by atoms with van der Waals surface area (Å²) in [4.78, 5) is 4.43. The Labute approximate surface area is 92.2 Å². The monoisotopic (exact) mass is 220 g/mol. The Bertz CT molecular complexity index is 548. The zero-order valence-electron chi connectivity index (χ0n) is 8.93. The minimum absolute atomic E-state index is 0.0980. The highest BCUT2D eigenvalue weighted by atomic mass is 16.7. The number of aromatic nitrogens is 2. The standard InChI is InChI=1S/C11H12N2O3/c1-7-12-8-4-10-11(16-6-15-10)5-9(8)13(7)2-3-14/h4-5,14H,2-3,6H2,1H3. The minimum Gasteiger partial charge on any atom is -0.454 e. The van der Waals surface area contributed by atoms with Gasteiger partial charge in [0.15, 0.2) is 11.5 Å². The van der Waals surface area contributed by atoms with Crippen LogP contribution in [0.5, 0.6) is 11.5 Å². The minimum atomic E-state index is 0.0980. The van der Waals surface area contributed by atoms with Gasteiger partial charge in [-0.2, -0.15) is 0 Å². The van der Waals surface area contributed by atoms with E-state index in [2.05, 4.69) is 4.98 Å². The molecule has 0 fully saturated rings. The van der Waals surface area contributed by atoms with Gasteiger partial charge in [-0.3, -0.25) is 0 Å². The first kappa shape index (κ1) is 9.47. The molecule has 5 nitrogen and oxygen atoms in total. The Kier molecular flexibility index (Phi) is 2.00. The predicted molar refractivity (Wildman–Crippen MR) is 57.7 cm³/mol. The van der Waals surface area contributed by atoms with Crippen LogP contribution in [-0.4, -0.2) is 28.1 Å². The lowest BCUT2D eigenvalue weighted by Gasteiger charge is -2.04. The SMILES string of the molecule is Cc1nc2cc3c(cc2n1CCO)OCO3. The van der Waals surface area contributed by atoms with Gasteiger partial charge in [-0.05, 0) is 6.92 Å². The summed E-state index contributed by atoms with van der Waals surface area (Å²) in [7, 11) is 0. The molecule has 1 aromatic heterocycles. The van der Waals surface area contributed by atoms with Crippen molar-refractivity contribution in [2.45, 2.75) is 13.5 Å². The van der Waals surface area contributed by atoms with Crippen molar-refractivity contribution in [2.24, 2.45) is 0 Å². The van der Waals surface area contributed by atoms with Crippen LogP contribution in [0.25, 0.3) is 11.0 Å². The number of ether oxygens (including phenoxy) is 2. The van der Waals surface area contributed by atoms with E-state index >= 15 is 0 Å². The lowest BCUT2D eigenvalue weighted by atomic mass is 10.2. The van der Waals surface area contributed by atoms with Crippen molar-refractivity contribution >= 4 is 11.0 Å². The first-order chi connectivity index (χ1) is 7.79. The number of rotatable bonds is 2. The number of aliphatic hydroxyl groups is 1. The molecule has 3 rings (SSSR count). The number of aryl methyl sites for hydroxylation is 1. The maximum absolute atomic E-state index is 9.01. The fourth-order valence-corrected chi connectivity index (χ4v) is 2.02. The number of nitrogens with zero attached hydrogens (tertiary/aromatic N) is 2. The average Bonchev–Trinajstić information content (AvgIpc) is 2.81. The third kappa shape index (κ3) is 1.25. The zero-order chi connectivity index (χ0) is 11.1. The highest BCUT2D eigenvalue weighted by Crippen LogP contribution is 2.36. The van der Waals surface area contributed by atoms with E-state index in [4.69, 9.17) is 14.6 Å². The summed E-state index contributed by atoms with van der Waals surface area (Å²) >= 11 is 0. The lowest BCUT2D eigenvalue weighted by molar-refractivity contribution is 0.174. The van der Waals surface area contributed by atoms with Crippen LogP contribution < -0.4 is 9.47 Å². The van der Waals surface area contributed by atoms with Crippen LogP contribution in [0.1, 0.15) is 5.82 Å². The number of imidazole rings is 1. The van der Waals surface area contributed by atoms with E-state index in [0.717, 1.165) is 28.4 Å². The molecule has 0 saturated heterocycles. The van der Waals surface area contributed by atoms with Gasteiger partial charge in [0.2, 0.25) is 6.79 Å². The van der Waals surface area contributed by atoms with Gasteiger partial charge < -0.3 is 19.1 Å². The Morgan fingerprint density at radius 3 is 2.88 bits per heavy atom. The molecule has 0 aliphatic carbocycles. The molecule has 16 heavy (non-hydrogen) atoms. The molecule has 5 heteroatoms. The normalized spacial score (nSPS) is 13.6. The molecule has 2 heterocycles. The van der Waals surface area contributed by atoms with Gasteiger partial charge in [-0.1, -0.05) is 0 Å². The number of hydrogen-bond acceptors (Lipinski definition) is 4. The lowest BCUT2D eigenvalue weighted by Crippen LogP contribution is -2.03. The fourth-order valence-electron chi connectivity index (χ4n) is 2.02. The topological polar surface area (TPSA) is 56.5 Å². The Morgan fingerprint density at radius 1 is 1.38 bits per heavy atom. The summed E-state index contributed by atoms with van der Waals surface area (Å²) in [5.74, 6) is 2.36. The highest BCUT2D eigenvalue weighted by molar-refractivity contribution is 5.80. The molecule has 0 radical (unpaired) electrons. The summed E-state index contributed by atoms with van der Waals surface area (Å²) in [6, 6.07) is 3.78. The fraction of sp³-hybridized carbons (Fsp3) is 0.364. The van der Waals surface area contributed by atoms with Gasteiger partial charge in [0, 0.05) is 18.7 Å². The average molecular weight is 220 g/mol. The maximum Gasteiger partial charge on any atom is 0.231 e. The molecule has 1 aromatic carbocycles. The van der Waals surface area contributed by atoms with Crippen molar-refractivity contribution in [1.29, 1.82) is 0 Å². The quantitative estimate of drug-likeness (QED) is 0.822. The van der Waals surface area contributed by atoms with Crippen LogP contribution in [0, 0.1) is 6.92 Å². The van der Waals surface area contributed by atoms with Crippen LogP contribution in [0.15, 0.2) is 12.1 Å². The highest BCUT2D eigenvalue weighted by Gasteiger charge is 2.17. The molecular weight excluding hydrogens is 208 g/mol. The van der Waals surface area contributed by atoms with Crippen LogP contribution in [0.4, 0.5) is 0 Å². The largest absolute Gasteiger partial charge is 0.454 e. The van der Waals surface area contributed by atoms with Crippen LogP contribution in [0.3, 0.4) is 0 Å². The molecule has 1 N–H and O–H groups in total. The van der Waals surface area contributed by atoms with Crippen molar-refractivity contribution in [1.82, 2.24) is 9.55 Å². The summed E-state index contributed by atoms with van der Waals surface area (Å²) in [6.45, 7) is 2.83. The molecule has 0 bridgehead atoms. The van der Waals surface area contributed by atoms with Gasteiger partial charge in [0.1, 0.15) is 5.82 Å². The third-order valence-electron chi connectivity index (χ3n) is 2.76. The second-order valence-electron chi connectivity index (χ2n) is 3.73. The van der Waals surface area contributed by atoms with Gasteiger partial charge in [-0.25, -0.2) is 4.98 Å². The third-order valence-corrected chi connectivity index (χ3v) is 2.76. The summed E-state index contributed by atoms with van der Waals surface area (Å²) < 4.78 is 12.6. The van der Waals surface area contributed by atoms with Gasteiger partial charge in [0.05, 0.1) is 17.6 Å². The zero-order valence-corrected chi connectivity index (χ0v) is 8.93. The molecule has 0 spiro atoms. The Hall–Kier alpha value is -1.75. The molecule has 0 amide bonds. The smallest absolute Gasteiger partial charge is 0.231 e. The van der Waals surface area contributed by atoms with Crippen molar-refractivity contribution in [3.8, 4) is 11.5 Å². The first-order valence-corrected chi connectivity index (χ1v) is 5.17. The van der Waals surface area contributed by atoms with Crippen molar-refractivity contribution in [3.63, 3.8) is 0 Å². The molecule has 84 valence electrons. The van der Waals surface area contributed by atoms with Crippen molar-refractivity contribution in [3.05, 3.63) is 18.0 Å². The molecular formula is C11H12N2O3. The van der Waals surface area contributed by atoms with E-state index in [1.54, 1.807) is 0 Å². The second-order valence-corrected chi connectivity index (χ2v) is 3.73. The predicted octanol–water partition coefficient (Wildman–Crippen LogP) is 1.07. The van der Waals surface area contributed by atoms with E-state index in [9.17, 15) is 0 Å². The van der Waals surface area contributed by atoms with Crippen molar-refractivity contribution < 1.29 is 14.6 Å². The summed E-state index contributed by atoms with van der Waals surface area (Å²) in [5, 5.41) is 9.01. The van der Waals surface area contributed by atoms with Gasteiger partial charge in [-0.15, -0.1) is 0 Å². The van der Waals surface area contributed by atoms with Gasteiger partial charge in [0.25, 0.3) is 0 Å². The number of benzene rings is 1. The number of fused-ring (bicyclic) bond motifs is 2. The van der Waals surface area contributed by atoms with Crippen LogP contribution >= 0.6 is 0 Å². The number of aliphatic hydroxyl groups excluding tert-OH is 1. The second kappa shape index (κ2) is 3.38.